The molecule has 12 heteroatoms. The Bertz CT molecular complexity index is 1710. The number of carbonyl (C=O) groups is 4. The smallest absolute Gasteiger partial charge is 0.331 e. The average Bonchev–Trinajstić information content (AvgIpc) is 3.16. The normalized spacial score (nSPS) is 12.6. The van der Waals surface area contributed by atoms with E-state index in [-0.39, 0.29) is 13.2 Å². The van der Waals surface area contributed by atoms with E-state index in [0.29, 0.717) is 23.0 Å². The maximum Gasteiger partial charge on any atom is 0.331 e. The van der Waals surface area contributed by atoms with Crippen LogP contribution in [0.15, 0.2) is 143 Å². The van der Waals surface area contributed by atoms with Gasteiger partial charge in [-0.2, -0.15) is 0 Å². The monoisotopic (exact) mass is 756 g/mol. The number of rotatable bonds is 20. The van der Waals surface area contributed by atoms with Gasteiger partial charge >= 0.3 is 23.9 Å². The zero-order valence-electron chi connectivity index (χ0n) is 29.2. The molecule has 2 atom stereocenters. The van der Waals surface area contributed by atoms with E-state index < -0.39 is 41.5 Å². The number of carbonyl (C=O) groups excluding carboxylic acids is 2. The summed E-state index contributed by atoms with van der Waals surface area (Å²) < 4.78 is 23.0. The van der Waals surface area contributed by atoms with Crippen LogP contribution in [0.5, 0.6) is 11.5 Å². The van der Waals surface area contributed by atoms with Gasteiger partial charge in [0.25, 0.3) is 0 Å². The number of esters is 2. The van der Waals surface area contributed by atoms with Crippen molar-refractivity contribution in [3.63, 3.8) is 0 Å². The molecule has 10 nitrogen and oxygen atoms in total. The molecule has 0 saturated heterocycles. The molecule has 2 N–H and O–H groups in total. The summed E-state index contributed by atoms with van der Waals surface area (Å²) in [5.41, 5.74) is 1.66. The first kappa shape index (κ1) is 40.3. The van der Waals surface area contributed by atoms with Gasteiger partial charge in [0, 0.05) is 51.0 Å². The first-order chi connectivity index (χ1) is 25.5. The molecular formula is C41H40O10S2. The Morgan fingerprint density at radius 1 is 0.566 bits per heavy atom. The van der Waals surface area contributed by atoms with Crippen LogP contribution in [0.2, 0.25) is 0 Å². The van der Waals surface area contributed by atoms with Crippen molar-refractivity contribution >= 4 is 47.4 Å². The highest BCUT2D eigenvalue weighted by Gasteiger charge is 2.24. The number of hydrogen-bond acceptors (Lipinski definition) is 10. The lowest BCUT2D eigenvalue weighted by Gasteiger charge is -2.27. The van der Waals surface area contributed by atoms with E-state index in [2.05, 4.69) is 13.8 Å². The summed E-state index contributed by atoms with van der Waals surface area (Å²) in [5, 5.41) is 17.7. The lowest BCUT2D eigenvalue weighted by Crippen LogP contribution is -2.27. The third kappa shape index (κ3) is 14.2. The lowest BCUT2D eigenvalue weighted by atomic mass is 9.78. The van der Waals surface area contributed by atoms with E-state index in [9.17, 15) is 19.2 Å². The second-order valence-electron chi connectivity index (χ2n) is 12.0. The topological polar surface area (TPSA) is 146 Å². The van der Waals surface area contributed by atoms with E-state index >= 15 is 0 Å². The standard InChI is InChI=1S/C41H40O10S2/c1-41(2,29-13-17-31(18-14-29)48-25-33(50-39(46)23-21-37(42)43)27-52-35-9-5-3-6-10-35)30-15-19-32(20-16-30)49-26-34(51-40(47)24-22-38(44)45)28-53-36-11-7-4-8-12-36/h3-24,33-34H,25-28H2,1-2H3,(H,42,43)(H,44,45)/b23-21-,24-22-. The largest absolute Gasteiger partial charge is 0.490 e. The van der Waals surface area contributed by atoms with Crippen molar-refractivity contribution in [1.29, 1.82) is 0 Å². The Morgan fingerprint density at radius 3 is 1.26 bits per heavy atom. The minimum atomic E-state index is -1.24. The number of carboxylic acid groups (broad SMARTS) is 2. The summed E-state index contributed by atoms with van der Waals surface area (Å²) in [6.07, 6.45) is 1.95. The molecule has 0 heterocycles. The van der Waals surface area contributed by atoms with Gasteiger partial charge in [-0.15, -0.1) is 23.5 Å². The van der Waals surface area contributed by atoms with E-state index in [4.69, 9.17) is 29.2 Å². The maximum atomic E-state index is 12.2. The van der Waals surface area contributed by atoms with Gasteiger partial charge in [0.2, 0.25) is 0 Å². The van der Waals surface area contributed by atoms with Crippen LogP contribution in [0.3, 0.4) is 0 Å². The highest BCUT2D eigenvalue weighted by Crippen LogP contribution is 2.33. The molecule has 2 unspecified atom stereocenters. The summed E-state index contributed by atoms with van der Waals surface area (Å²) in [6.45, 7) is 4.34. The minimum absolute atomic E-state index is 0.0702. The van der Waals surface area contributed by atoms with Gasteiger partial charge in [0.15, 0.2) is 0 Å². The molecule has 0 aliphatic carbocycles. The Balaban J connectivity index is 1.35. The summed E-state index contributed by atoms with van der Waals surface area (Å²) in [7, 11) is 0. The van der Waals surface area contributed by atoms with Crippen LogP contribution in [0.1, 0.15) is 25.0 Å². The van der Waals surface area contributed by atoms with Crippen LogP contribution >= 0.6 is 23.5 Å². The van der Waals surface area contributed by atoms with Crippen molar-refractivity contribution in [1.82, 2.24) is 0 Å². The van der Waals surface area contributed by atoms with Crippen LogP contribution < -0.4 is 9.47 Å². The van der Waals surface area contributed by atoms with Crippen LogP contribution in [-0.2, 0) is 34.1 Å². The van der Waals surface area contributed by atoms with Crippen LogP contribution in [0.4, 0.5) is 0 Å². The molecule has 4 rings (SSSR count). The van der Waals surface area contributed by atoms with Gasteiger partial charge in [-0.3, -0.25) is 0 Å². The van der Waals surface area contributed by atoms with Crippen LogP contribution in [0, 0.1) is 0 Å². The number of hydrogen-bond donors (Lipinski definition) is 2. The molecule has 0 aliphatic rings. The first-order valence-corrected chi connectivity index (χ1v) is 18.5. The second-order valence-corrected chi connectivity index (χ2v) is 14.2. The molecule has 0 saturated carbocycles. The van der Waals surface area contributed by atoms with E-state index in [1.165, 1.54) is 23.5 Å². The SMILES string of the molecule is CC(C)(c1ccc(OCC(CSc2ccccc2)OC(=O)/C=C\C(=O)O)cc1)c1ccc(OCC(CSc2ccccc2)OC(=O)/C=C\C(=O)O)cc1. The lowest BCUT2D eigenvalue weighted by molar-refractivity contribution is -0.144. The van der Waals surface area contributed by atoms with Crippen molar-refractivity contribution in [2.45, 2.75) is 41.3 Å². The Morgan fingerprint density at radius 2 is 0.925 bits per heavy atom. The summed E-state index contributed by atoms with van der Waals surface area (Å²) in [4.78, 5) is 48.1. The molecule has 0 radical (unpaired) electrons. The number of thioether (sulfide) groups is 2. The van der Waals surface area contributed by atoms with Gasteiger partial charge in [-0.25, -0.2) is 19.2 Å². The molecule has 0 aliphatic heterocycles. The predicted octanol–water partition coefficient (Wildman–Crippen LogP) is 7.46. The maximum absolute atomic E-state index is 12.2. The highest BCUT2D eigenvalue weighted by molar-refractivity contribution is 7.99. The Kier molecular flexibility index (Phi) is 15.6. The number of benzene rings is 4. The van der Waals surface area contributed by atoms with Crippen LogP contribution in [-0.4, -0.2) is 71.0 Å². The van der Waals surface area contributed by atoms with Crippen molar-refractivity contribution in [2.75, 3.05) is 24.7 Å². The van der Waals surface area contributed by atoms with E-state index in [1.807, 2.05) is 109 Å². The summed E-state index contributed by atoms with van der Waals surface area (Å²) >= 11 is 2.99. The molecule has 0 spiro atoms. The first-order valence-electron chi connectivity index (χ1n) is 16.5. The van der Waals surface area contributed by atoms with Crippen molar-refractivity contribution < 1.29 is 48.3 Å². The molecular weight excluding hydrogens is 717 g/mol. The van der Waals surface area contributed by atoms with Crippen molar-refractivity contribution in [3.05, 3.63) is 145 Å². The molecule has 0 fully saturated rings. The molecule has 4 aromatic rings. The number of aliphatic carboxylic acids is 2. The fraction of sp³-hybridized carbons (Fsp3) is 0.220. The van der Waals surface area contributed by atoms with E-state index in [1.54, 1.807) is 0 Å². The Labute approximate surface area is 316 Å². The molecule has 0 aromatic heterocycles. The van der Waals surface area contributed by atoms with Crippen LogP contribution in [0.25, 0.3) is 0 Å². The van der Waals surface area contributed by atoms with Crippen molar-refractivity contribution in [3.8, 4) is 11.5 Å². The van der Waals surface area contributed by atoms with Gasteiger partial charge in [0.05, 0.1) is 0 Å². The fourth-order valence-electron chi connectivity index (χ4n) is 4.81. The summed E-state index contributed by atoms with van der Waals surface area (Å²) in [5.74, 6) is -2.04. The average molecular weight is 757 g/mol. The quantitative estimate of drug-likeness (QED) is 0.0525. The predicted molar refractivity (Wildman–Crippen MR) is 204 cm³/mol. The van der Waals surface area contributed by atoms with Gasteiger partial charge in [-0.05, 0) is 59.7 Å². The van der Waals surface area contributed by atoms with Gasteiger partial charge in [0.1, 0.15) is 36.9 Å². The third-order valence-corrected chi connectivity index (χ3v) is 9.96. The molecule has 4 aromatic carbocycles. The molecule has 276 valence electrons. The fourth-order valence-corrected chi connectivity index (χ4v) is 6.59. The third-order valence-electron chi connectivity index (χ3n) is 7.67. The molecule has 0 amide bonds. The number of ether oxygens (including phenoxy) is 4. The zero-order chi connectivity index (χ0) is 38.1. The minimum Gasteiger partial charge on any atom is -0.490 e. The Hall–Kier alpha value is -5.46. The second kappa shape index (κ2) is 20.5. The molecule has 0 bridgehead atoms. The van der Waals surface area contributed by atoms with Gasteiger partial charge in [-0.1, -0.05) is 74.5 Å². The van der Waals surface area contributed by atoms with Crippen molar-refractivity contribution in [2.24, 2.45) is 0 Å². The zero-order valence-corrected chi connectivity index (χ0v) is 30.8. The highest BCUT2D eigenvalue weighted by atomic mass is 32.2. The number of carboxylic acids is 2. The summed E-state index contributed by atoms with van der Waals surface area (Å²) in [6, 6.07) is 34.6. The van der Waals surface area contributed by atoms with Gasteiger partial charge < -0.3 is 29.2 Å². The molecule has 53 heavy (non-hydrogen) atoms. The van der Waals surface area contributed by atoms with E-state index in [0.717, 1.165) is 45.2 Å².